The van der Waals surface area contributed by atoms with Crippen molar-refractivity contribution in [2.45, 2.75) is 0 Å². The summed E-state index contributed by atoms with van der Waals surface area (Å²) >= 11 is 5.64. The number of hydrogen-bond donors (Lipinski definition) is 1. The molecule has 0 aliphatic carbocycles. The second-order valence-corrected chi connectivity index (χ2v) is 4.64. The summed E-state index contributed by atoms with van der Waals surface area (Å²) in [6, 6.07) is 11.4. The highest BCUT2D eigenvalue weighted by Gasteiger charge is 2.08. The van der Waals surface area contributed by atoms with Gasteiger partial charge in [0.2, 0.25) is 0 Å². The van der Waals surface area contributed by atoms with Crippen molar-refractivity contribution in [2.24, 2.45) is 0 Å². The van der Waals surface area contributed by atoms with Gasteiger partial charge in [0.05, 0.1) is 16.2 Å². The summed E-state index contributed by atoms with van der Waals surface area (Å²) in [5.41, 5.74) is 7.08. The lowest BCUT2D eigenvalue weighted by Gasteiger charge is -2.09. The molecule has 0 spiro atoms. The number of benzene rings is 2. The number of fused-ring (bicyclic) bond motifs is 1. The number of aromatic nitrogens is 1. The third-order valence-corrected chi connectivity index (χ3v) is 3.19. The van der Waals surface area contributed by atoms with Crippen molar-refractivity contribution in [1.82, 2.24) is 4.98 Å². The summed E-state index contributed by atoms with van der Waals surface area (Å²) < 4.78 is 19.1. The molecule has 0 saturated carbocycles. The van der Waals surface area contributed by atoms with Crippen molar-refractivity contribution in [1.29, 1.82) is 0 Å². The van der Waals surface area contributed by atoms with Crippen LogP contribution in [0, 0.1) is 5.82 Å². The number of halogens is 2. The van der Waals surface area contributed by atoms with Gasteiger partial charge in [0.15, 0.2) is 0 Å². The Morgan fingerprint density at radius 1 is 1.15 bits per heavy atom. The number of hydrogen-bond acceptors (Lipinski definition) is 3. The molecule has 0 amide bonds. The Bertz CT molecular complexity index is 792. The predicted octanol–water partition coefficient (Wildman–Crippen LogP) is 4.40. The molecular weight excluding hydrogens is 279 g/mol. The Labute approximate surface area is 119 Å². The summed E-state index contributed by atoms with van der Waals surface area (Å²) in [6.07, 6.45) is 1.60. The minimum absolute atomic E-state index is 0.0566. The lowest BCUT2D eigenvalue weighted by atomic mass is 10.2. The molecule has 3 aromatic rings. The van der Waals surface area contributed by atoms with Crippen LogP contribution in [0.25, 0.3) is 10.9 Å². The lowest BCUT2D eigenvalue weighted by Crippen LogP contribution is -1.92. The Morgan fingerprint density at radius 3 is 2.80 bits per heavy atom. The Morgan fingerprint density at radius 2 is 2.00 bits per heavy atom. The number of pyridine rings is 1. The van der Waals surface area contributed by atoms with Crippen molar-refractivity contribution in [3.05, 3.63) is 59.5 Å². The summed E-state index contributed by atoms with van der Waals surface area (Å²) in [7, 11) is 0. The van der Waals surface area contributed by atoms with Crippen LogP contribution in [-0.4, -0.2) is 4.98 Å². The molecule has 0 fully saturated rings. The van der Waals surface area contributed by atoms with Gasteiger partial charge in [-0.15, -0.1) is 0 Å². The van der Waals surface area contributed by atoms with E-state index in [9.17, 15) is 4.39 Å². The zero-order valence-corrected chi connectivity index (χ0v) is 11.1. The fraction of sp³-hybridized carbons (Fsp3) is 0. The molecule has 100 valence electrons. The number of nitrogen functional groups attached to an aromatic ring is 1. The van der Waals surface area contributed by atoms with Gasteiger partial charge >= 0.3 is 0 Å². The number of para-hydroxylation sites is 1. The van der Waals surface area contributed by atoms with Gasteiger partial charge in [-0.1, -0.05) is 17.7 Å². The maximum absolute atomic E-state index is 13.4. The van der Waals surface area contributed by atoms with Gasteiger partial charge < -0.3 is 10.5 Å². The minimum atomic E-state index is -0.526. The molecule has 2 aromatic carbocycles. The molecule has 1 heterocycles. The summed E-state index contributed by atoms with van der Waals surface area (Å²) in [6.45, 7) is 0. The van der Waals surface area contributed by atoms with Gasteiger partial charge in [-0.3, -0.25) is 4.98 Å². The first-order valence-corrected chi connectivity index (χ1v) is 6.29. The number of anilines is 1. The molecule has 0 radical (unpaired) electrons. The first-order chi connectivity index (χ1) is 9.65. The van der Waals surface area contributed by atoms with E-state index in [2.05, 4.69) is 4.98 Å². The monoisotopic (exact) mass is 288 g/mol. The number of nitrogens with two attached hydrogens (primary N) is 1. The minimum Gasteiger partial charge on any atom is -0.456 e. The van der Waals surface area contributed by atoms with Gasteiger partial charge in [0.1, 0.15) is 17.3 Å². The van der Waals surface area contributed by atoms with Crippen LogP contribution in [-0.2, 0) is 0 Å². The van der Waals surface area contributed by atoms with E-state index in [0.29, 0.717) is 22.7 Å². The smallest absolute Gasteiger partial charge is 0.145 e. The molecule has 2 N–H and O–H groups in total. The highest BCUT2D eigenvalue weighted by Crippen LogP contribution is 2.32. The maximum atomic E-state index is 13.4. The Hall–Kier alpha value is -2.33. The van der Waals surface area contributed by atoms with E-state index < -0.39 is 5.82 Å². The third-order valence-electron chi connectivity index (χ3n) is 2.88. The summed E-state index contributed by atoms with van der Waals surface area (Å²) in [4.78, 5) is 4.21. The van der Waals surface area contributed by atoms with Crippen LogP contribution in [0.1, 0.15) is 0 Å². The molecule has 0 atom stereocenters. The van der Waals surface area contributed by atoms with Crippen LogP contribution >= 0.6 is 11.6 Å². The second-order valence-electron chi connectivity index (χ2n) is 4.23. The van der Waals surface area contributed by atoms with Gasteiger partial charge in [-0.25, -0.2) is 4.39 Å². The largest absolute Gasteiger partial charge is 0.456 e. The van der Waals surface area contributed by atoms with E-state index in [-0.39, 0.29) is 5.02 Å². The topological polar surface area (TPSA) is 48.1 Å². The van der Waals surface area contributed by atoms with Crippen molar-refractivity contribution < 1.29 is 9.13 Å². The predicted molar refractivity (Wildman–Crippen MR) is 77.6 cm³/mol. The van der Waals surface area contributed by atoms with Crippen molar-refractivity contribution in [2.75, 3.05) is 5.73 Å². The van der Waals surface area contributed by atoms with Gasteiger partial charge in [0, 0.05) is 17.6 Å². The average Bonchev–Trinajstić information content (AvgIpc) is 2.44. The molecule has 3 nitrogen and oxygen atoms in total. The van der Waals surface area contributed by atoms with Gasteiger partial charge in [-0.05, 0) is 30.3 Å². The molecular formula is C15H10ClFN2O. The van der Waals surface area contributed by atoms with Crippen molar-refractivity contribution in [3.63, 3.8) is 0 Å². The summed E-state index contributed by atoms with van der Waals surface area (Å²) in [5, 5.41) is 0.823. The maximum Gasteiger partial charge on any atom is 0.145 e. The van der Waals surface area contributed by atoms with E-state index in [1.807, 2.05) is 12.1 Å². The molecule has 3 rings (SSSR count). The van der Waals surface area contributed by atoms with Crippen LogP contribution in [0.3, 0.4) is 0 Å². The van der Waals surface area contributed by atoms with Crippen LogP contribution < -0.4 is 10.5 Å². The first kappa shape index (κ1) is 12.7. The highest BCUT2D eigenvalue weighted by atomic mass is 35.5. The molecule has 5 heteroatoms. The molecule has 0 bridgehead atoms. The molecule has 0 unspecified atom stereocenters. The van der Waals surface area contributed by atoms with Crippen molar-refractivity contribution >= 4 is 28.2 Å². The summed E-state index contributed by atoms with van der Waals surface area (Å²) in [5.74, 6) is 0.396. The number of rotatable bonds is 2. The zero-order valence-electron chi connectivity index (χ0n) is 10.3. The Balaban J connectivity index is 2.06. The first-order valence-electron chi connectivity index (χ1n) is 5.91. The second kappa shape index (κ2) is 4.98. The third kappa shape index (κ3) is 2.26. The van der Waals surface area contributed by atoms with Crippen LogP contribution in [0.15, 0.2) is 48.7 Å². The van der Waals surface area contributed by atoms with Crippen LogP contribution in [0.4, 0.5) is 10.1 Å². The van der Waals surface area contributed by atoms with E-state index >= 15 is 0 Å². The van der Waals surface area contributed by atoms with E-state index in [1.54, 1.807) is 24.4 Å². The highest BCUT2D eigenvalue weighted by molar-refractivity contribution is 6.30. The average molecular weight is 289 g/mol. The van der Waals surface area contributed by atoms with Crippen LogP contribution in [0.5, 0.6) is 11.5 Å². The fourth-order valence-electron chi connectivity index (χ4n) is 1.93. The van der Waals surface area contributed by atoms with Crippen LogP contribution in [0.2, 0.25) is 5.02 Å². The normalized spacial score (nSPS) is 10.7. The molecule has 0 saturated heterocycles. The zero-order chi connectivity index (χ0) is 14.1. The van der Waals surface area contributed by atoms with E-state index in [0.717, 1.165) is 5.39 Å². The fourth-order valence-corrected chi connectivity index (χ4v) is 2.05. The quantitative estimate of drug-likeness (QED) is 0.711. The lowest BCUT2D eigenvalue weighted by molar-refractivity contribution is 0.482. The molecule has 0 aliphatic rings. The number of ether oxygens (including phenoxy) is 1. The van der Waals surface area contributed by atoms with E-state index in [1.165, 1.54) is 12.1 Å². The molecule has 20 heavy (non-hydrogen) atoms. The van der Waals surface area contributed by atoms with Gasteiger partial charge in [0.25, 0.3) is 0 Å². The van der Waals surface area contributed by atoms with E-state index in [4.69, 9.17) is 22.1 Å². The molecule has 1 aromatic heterocycles. The molecule has 0 aliphatic heterocycles. The van der Waals surface area contributed by atoms with Crippen molar-refractivity contribution in [3.8, 4) is 11.5 Å². The Kier molecular flexibility index (Phi) is 3.16. The SMILES string of the molecule is Nc1cccc2c(Oc3ccc(Cl)c(F)c3)ccnc12. The number of nitrogens with zero attached hydrogens (tertiary/aromatic N) is 1. The standard InChI is InChI=1S/C15H10ClFN2O/c16-11-5-4-9(8-12(11)17)20-14-6-7-19-15-10(14)2-1-3-13(15)18/h1-8H,18H2. The van der Waals surface area contributed by atoms with Gasteiger partial charge in [-0.2, -0.15) is 0 Å².